The lowest BCUT2D eigenvalue weighted by Gasteiger charge is -2.25. The van der Waals surface area contributed by atoms with Gasteiger partial charge in [-0.25, -0.2) is 8.42 Å². The van der Waals surface area contributed by atoms with Crippen LogP contribution in [0.1, 0.15) is 26.3 Å². The molecule has 2 aromatic rings. The number of thiophene rings is 2. The molecule has 2 N–H and O–H groups in total. The number of amides is 2. The SMILES string of the molecule is CC(=O)NCc1ccc(C(=O)NCc2ccc(S(=O)(=O)N3CCOCC3)s2)s1. The topological polar surface area (TPSA) is 105 Å². The van der Waals surface area contributed by atoms with Gasteiger partial charge in [0.2, 0.25) is 5.91 Å². The average Bonchev–Trinajstić information content (AvgIpc) is 3.35. The summed E-state index contributed by atoms with van der Waals surface area (Å²) in [6.45, 7) is 3.59. The van der Waals surface area contributed by atoms with Gasteiger partial charge >= 0.3 is 0 Å². The molecule has 0 aromatic carbocycles. The Morgan fingerprint density at radius 2 is 1.68 bits per heavy atom. The van der Waals surface area contributed by atoms with E-state index >= 15 is 0 Å². The first-order chi connectivity index (χ1) is 13.4. The molecule has 0 spiro atoms. The Balaban J connectivity index is 1.57. The number of carbonyl (C=O) groups excluding carboxylic acids is 2. The number of nitrogens with one attached hydrogen (secondary N) is 2. The summed E-state index contributed by atoms with van der Waals surface area (Å²) in [5.41, 5.74) is 0. The standard InChI is InChI=1S/C17H21N3O5S3/c1-12(21)18-10-13-2-4-15(26-13)17(22)19-11-14-3-5-16(27-14)28(23,24)20-6-8-25-9-7-20/h2-5H,6-11H2,1H3,(H,18,21)(H,19,22). The number of carbonyl (C=O) groups is 2. The third-order valence-corrected chi connectivity index (χ3v) is 8.56. The summed E-state index contributed by atoms with van der Waals surface area (Å²) in [5, 5.41) is 5.49. The van der Waals surface area contributed by atoms with E-state index in [1.165, 1.54) is 22.6 Å². The molecule has 3 rings (SSSR count). The minimum atomic E-state index is -3.52. The zero-order chi connectivity index (χ0) is 20.1. The number of sulfonamides is 1. The second-order valence-corrected chi connectivity index (χ2v) is 10.6. The lowest BCUT2D eigenvalue weighted by atomic mass is 10.4. The van der Waals surface area contributed by atoms with Gasteiger partial charge in [0.05, 0.1) is 31.2 Å². The highest BCUT2D eigenvalue weighted by atomic mass is 32.2. The van der Waals surface area contributed by atoms with Crippen LogP contribution in [0.5, 0.6) is 0 Å². The van der Waals surface area contributed by atoms with Crippen molar-refractivity contribution in [3.63, 3.8) is 0 Å². The number of hydrogen-bond acceptors (Lipinski definition) is 7. The predicted octanol–water partition coefficient (Wildman–Crippen LogP) is 1.40. The Morgan fingerprint density at radius 1 is 1.04 bits per heavy atom. The highest BCUT2D eigenvalue weighted by Gasteiger charge is 2.27. The molecule has 11 heteroatoms. The zero-order valence-corrected chi connectivity index (χ0v) is 17.7. The summed E-state index contributed by atoms with van der Waals surface area (Å²) >= 11 is 2.47. The van der Waals surface area contributed by atoms with Gasteiger partial charge in [0, 0.05) is 29.8 Å². The monoisotopic (exact) mass is 443 g/mol. The number of rotatable bonds is 7. The molecule has 0 atom stereocenters. The first-order valence-electron chi connectivity index (χ1n) is 8.64. The van der Waals surface area contributed by atoms with Crippen molar-refractivity contribution in [1.82, 2.24) is 14.9 Å². The summed E-state index contributed by atoms with van der Waals surface area (Å²) in [7, 11) is -3.52. The highest BCUT2D eigenvalue weighted by molar-refractivity contribution is 7.91. The molecule has 1 aliphatic heterocycles. The lowest BCUT2D eigenvalue weighted by molar-refractivity contribution is -0.119. The van der Waals surface area contributed by atoms with E-state index in [9.17, 15) is 18.0 Å². The van der Waals surface area contributed by atoms with Gasteiger partial charge in [0.1, 0.15) is 4.21 Å². The summed E-state index contributed by atoms with van der Waals surface area (Å²) in [4.78, 5) is 25.4. The van der Waals surface area contributed by atoms with E-state index in [4.69, 9.17) is 4.74 Å². The van der Waals surface area contributed by atoms with Gasteiger partial charge in [-0.15, -0.1) is 22.7 Å². The molecule has 0 aliphatic carbocycles. The maximum absolute atomic E-state index is 12.6. The Labute approximate surface area is 171 Å². The third-order valence-electron chi connectivity index (χ3n) is 4.02. The molecule has 1 fully saturated rings. The van der Waals surface area contributed by atoms with Crippen LogP contribution < -0.4 is 10.6 Å². The first-order valence-corrected chi connectivity index (χ1v) is 11.7. The molecular formula is C17H21N3O5S3. The number of nitrogens with zero attached hydrogens (tertiary/aromatic N) is 1. The lowest BCUT2D eigenvalue weighted by Crippen LogP contribution is -2.40. The fourth-order valence-electron chi connectivity index (χ4n) is 2.57. The van der Waals surface area contributed by atoms with E-state index < -0.39 is 10.0 Å². The fraction of sp³-hybridized carbons (Fsp3) is 0.412. The quantitative estimate of drug-likeness (QED) is 0.673. The van der Waals surface area contributed by atoms with Gasteiger partial charge in [-0.1, -0.05) is 0 Å². The number of morpholine rings is 1. The Kier molecular flexibility index (Phi) is 6.83. The van der Waals surface area contributed by atoms with Crippen molar-refractivity contribution in [2.75, 3.05) is 26.3 Å². The van der Waals surface area contributed by atoms with Crippen molar-refractivity contribution in [3.8, 4) is 0 Å². The van der Waals surface area contributed by atoms with Crippen LogP contribution in [0.4, 0.5) is 0 Å². The van der Waals surface area contributed by atoms with Gasteiger partial charge in [0.15, 0.2) is 0 Å². The number of hydrogen-bond donors (Lipinski definition) is 2. The van der Waals surface area contributed by atoms with Gasteiger partial charge in [0.25, 0.3) is 15.9 Å². The van der Waals surface area contributed by atoms with Crippen LogP contribution in [0, 0.1) is 0 Å². The molecule has 0 bridgehead atoms. The Morgan fingerprint density at radius 3 is 2.39 bits per heavy atom. The van der Waals surface area contributed by atoms with Crippen LogP contribution in [0.2, 0.25) is 0 Å². The molecule has 28 heavy (non-hydrogen) atoms. The second kappa shape index (κ2) is 9.14. The van der Waals surface area contributed by atoms with E-state index in [0.717, 1.165) is 21.1 Å². The first kappa shape index (κ1) is 20.9. The average molecular weight is 444 g/mol. The minimum absolute atomic E-state index is 0.125. The predicted molar refractivity (Wildman–Crippen MR) is 107 cm³/mol. The van der Waals surface area contributed by atoms with Gasteiger partial charge < -0.3 is 15.4 Å². The summed E-state index contributed by atoms with van der Waals surface area (Å²) in [5.74, 6) is -0.356. The van der Waals surface area contributed by atoms with Crippen LogP contribution in [0.3, 0.4) is 0 Å². The highest BCUT2D eigenvalue weighted by Crippen LogP contribution is 2.25. The molecular weight excluding hydrogens is 422 g/mol. The van der Waals surface area contributed by atoms with E-state index in [-0.39, 0.29) is 22.6 Å². The van der Waals surface area contributed by atoms with E-state index in [1.807, 2.05) is 0 Å². The van der Waals surface area contributed by atoms with E-state index in [1.54, 1.807) is 24.3 Å². The second-order valence-electron chi connectivity index (χ2n) is 6.10. The number of ether oxygens (including phenoxy) is 1. The van der Waals surface area contributed by atoms with Crippen molar-refractivity contribution in [2.24, 2.45) is 0 Å². The Hall–Kier alpha value is -1.79. The van der Waals surface area contributed by atoms with Crippen molar-refractivity contribution < 1.29 is 22.7 Å². The molecule has 1 saturated heterocycles. The van der Waals surface area contributed by atoms with E-state index in [0.29, 0.717) is 37.7 Å². The molecule has 2 aromatic heterocycles. The van der Waals surface area contributed by atoms with Crippen LogP contribution in [0.15, 0.2) is 28.5 Å². The zero-order valence-electron chi connectivity index (χ0n) is 15.3. The van der Waals surface area contributed by atoms with Crippen LogP contribution in [-0.4, -0.2) is 50.8 Å². The van der Waals surface area contributed by atoms with Gasteiger partial charge in [-0.3, -0.25) is 9.59 Å². The molecule has 1 aliphatic rings. The molecule has 3 heterocycles. The molecule has 0 unspecified atom stereocenters. The van der Waals surface area contributed by atoms with Gasteiger partial charge in [-0.2, -0.15) is 4.31 Å². The molecule has 152 valence electrons. The summed E-state index contributed by atoms with van der Waals surface area (Å²) in [6, 6.07) is 6.80. The summed E-state index contributed by atoms with van der Waals surface area (Å²) in [6.07, 6.45) is 0. The molecule has 0 saturated carbocycles. The normalized spacial score (nSPS) is 15.3. The van der Waals surface area contributed by atoms with Crippen LogP contribution in [-0.2, 0) is 32.6 Å². The fourth-order valence-corrected chi connectivity index (χ4v) is 6.29. The van der Waals surface area contributed by atoms with Crippen LogP contribution >= 0.6 is 22.7 Å². The maximum Gasteiger partial charge on any atom is 0.261 e. The summed E-state index contributed by atoms with van der Waals surface area (Å²) < 4.78 is 32.2. The largest absolute Gasteiger partial charge is 0.379 e. The molecule has 0 radical (unpaired) electrons. The van der Waals surface area contributed by atoms with E-state index in [2.05, 4.69) is 10.6 Å². The third kappa shape index (κ3) is 5.17. The van der Waals surface area contributed by atoms with Crippen molar-refractivity contribution >= 4 is 44.5 Å². The van der Waals surface area contributed by atoms with Crippen LogP contribution in [0.25, 0.3) is 0 Å². The van der Waals surface area contributed by atoms with Crippen molar-refractivity contribution in [3.05, 3.63) is 38.9 Å². The van der Waals surface area contributed by atoms with Crippen molar-refractivity contribution in [2.45, 2.75) is 24.2 Å². The molecule has 2 amide bonds. The smallest absolute Gasteiger partial charge is 0.261 e. The van der Waals surface area contributed by atoms with Gasteiger partial charge in [-0.05, 0) is 24.3 Å². The van der Waals surface area contributed by atoms with Crippen molar-refractivity contribution in [1.29, 1.82) is 0 Å². The Bertz CT molecular complexity index is 945. The maximum atomic E-state index is 12.6. The molecule has 8 nitrogen and oxygen atoms in total. The minimum Gasteiger partial charge on any atom is -0.379 e.